The Labute approximate surface area is 194 Å². The van der Waals surface area contributed by atoms with Crippen LogP contribution in [0.3, 0.4) is 0 Å². The third kappa shape index (κ3) is 4.27. The van der Waals surface area contributed by atoms with Gasteiger partial charge in [-0.15, -0.1) is 0 Å². The molecular formula is C25H19ClFNO5. The third-order valence-corrected chi connectivity index (χ3v) is 5.67. The summed E-state index contributed by atoms with van der Waals surface area (Å²) in [6.45, 7) is -0.000142. The number of amides is 1. The second-order valence-electron chi connectivity index (χ2n) is 7.49. The minimum Gasteiger partial charge on any atom is -0.508 e. The van der Waals surface area contributed by atoms with Crippen LogP contribution in [0.4, 0.5) is 4.39 Å². The number of hydrogen-bond acceptors (Lipinski definition) is 5. The zero-order valence-electron chi connectivity index (χ0n) is 17.5. The minimum atomic E-state index is -0.959. The van der Waals surface area contributed by atoms with Crippen molar-refractivity contribution in [3.8, 4) is 11.5 Å². The number of aromatic hydroxyl groups is 1. The molecule has 1 aliphatic rings. The lowest BCUT2D eigenvalue weighted by atomic mass is 9.94. The quantitative estimate of drug-likeness (QED) is 0.319. The van der Waals surface area contributed by atoms with E-state index in [0.717, 1.165) is 0 Å². The maximum atomic E-state index is 13.4. The fourth-order valence-electron chi connectivity index (χ4n) is 3.84. The van der Waals surface area contributed by atoms with Crippen LogP contribution in [-0.2, 0) is 16.1 Å². The largest absolute Gasteiger partial charge is 0.508 e. The molecule has 2 N–H and O–H groups in total. The molecule has 1 heterocycles. The number of aliphatic hydroxyl groups excluding tert-OH is 1. The van der Waals surface area contributed by atoms with E-state index in [1.807, 2.05) is 0 Å². The Bertz CT molecular complexity index is 1250. The number of aliphatic hydroxyl groups is 1. The number of carbonyl (C=O) groups is 2. The second-order valence-corrected chi connectivity index (χ2v) is 7.93. The molecule has 168 valence electrons. The summed E-state index contributed by atoms with van der Waals surface area (Å²) in [6, 6.07) is 15.1. The average Bonchev–Trinajstić information content (AvgIpc) is 3.05. The Morgan fingerprint density at radius 3 is 2.36 bits per heavy atom. The molecule has 1 atom stereocenters. The predicted molar refractivity (Wildman–Crippen MR) is 120 cm³/mol. The fourth-order valence-corrected chi connectivity index (χ4v) is 4.02. The van der Waals surface area contributed by atoms with Crippen molar-refractivity contribution in [2.75, 3.05) is 7.11 Å². The molecule has 3 aromatic carbocycles. The third-order valence-electron chi connectivity index (χ3n) is 5.43. The molecule has 0 saturated carbocycles. The SMILES string of the molecule is COc1ccc(Cl)cc1/C(O)=C1\C(=O)C(=O)N(Cc2ccc(F)cc2)C1c1ccc(O)cc1. The molecule has 1 saturated heterocycles. The number of ether oxygens (including phenoxy) is 1. The van der Waals surface area contributed by atoms with E-state index in [-0.39, 0.29) is 29.2 Å². The van der Waals surface area contributed by atoms with Gasteiger partial charge < -0.3 is 19.8 Å². The van der Waals surface area contributed by atoms with Gasteiger partial charge in [0.15, 0.2) is 0 Å². The molecule has 1 unspecified atom stereocenters. The van der Waals surface area contributed by atoms with Gasteiger partial charge in [-0.25, -0.2) is 4.39 Å². The van der Waals surface area contributed by atoms with Crippen molar-refractivity contribution in [3.05, 3.63) is 99.8 Å². The van der Waals surface area contributed by atoms with Crippen molar-refractivity contribution in [3.63, 3.8) is 0 Å². The predicted octanol–water partition coefficient (Wildman–Crippen LogP) is 4.82. The summed E-state index contributed by atoms with van der Waals surface area (Å²) >= 11 is 6.10. The summed E-state index contributed by atoms with van der Waals surface area (Å²) in [5.74, 6) is -2.29. The number of halogens is 2. The molecule has 33 heavy (non-hydrogen) atoms. The van der Waals surface area contributed by atoms with Gasteiger partial charge in [-0.05, 0) is 53.6 Å². The van der Waals surface area contributed by atoms with Gasteiger partial charge in [0.05, 0.1) is 24.3 Å². The van der Waals surface area contributed by atoms with E-state index < -0.39 is 29.3 Å². The number of benzene rings is 3. The van der Waals surface area contributed by atoms with Crippen molar-refractivity contribution in [2.24, 2.45) is 0 Å². The average molecular weight is 468 g/mol. The van der Waals surface area contributed by atoms with Crippen molar-refractivity contribution in [1.82, 2.24) is 4.90 Å². The number of likely N-dealkylation sites (tertiary alicyclic amines) is 1. The van der Waals surface area contributed by atoms with Crippen molar-refractivity contribution in [1.29, 1.82) is 0 Å². The summed E-state index contributed by atoms with van der Waals surface area (Å²) in [7, 11) is 1.41. The van der Waals surface area contributed by atoms with Crippen LogP contribution in [0.1, 0.15) is 22.7 Å². The van der Waals surface area contributed by atoms with E-state index in [0.29, 0.717) is 16.1 Å². The monoisotopic (exact) mass is 467 g/mol. The maximum absolute atomic E-state index is 13.4. The molecular weight excluding hydrogens is 449 g/mol. The van der Waals surface area contributed by atoms with Crippen LogP contribution in [0.15, 0.2) is 72.3 Å². The van der Waals surface area contributed by atoms with E-state index in [2.05, 4.69) is 0 Å². The Morgan fingerprint density at radius 2 is 1.73 bits per heavy atom. The van der Waals surface area contributed by atoms with E-state index >= 15 is 0 Å². The van der Waals surface area contributed by atoms with Gasteiger partial charge >= 0.3 is 0 Å². The number of hydrogen-bond donors (Lipinski definition) is 2. The van der Waals surface area contributed by atoms with E-state index in [1.165, 1.54) is 54.5 Å². The highest BCUT2D eigenvalue weighted by molar-refractivity contribution is 6.46. The lowest BCUT2D eigenvalue weighted by Crippen LogP contribution is -2.29. The topological polar surface area (TPSA) is 87.1 Å². The number of Topliss-reactive ketones (excluding diaryl/α,β-unsaturated/α-hetero) is 1. The Hall–Kier alpha value is -3.84. The smallest absolute Gasteiger partial charge is 0.295 e. The molecule has 0 bridgehead atoms. The molecule has 3 aromatic rings. The van der Waals surface area contributed by atoms with E-state index in [9.17, 15) is 24.2 Å². The van der Waals surface area contributed by atoms with Gasteiger partial charge in [-0.1, -0.05) is 35.9 Å². The number of nitrogens with zero attached hydrogens (tertiary/aromatic N) is 1. The van der Waals surface area contributed by atoms with Gasteiger partial charge in [0.25, 0.3) is 11.7 Å². The normalized spacial score (nSPS) is 17.4. The lowest BCUT2D eigenvalue weighted by molar-refractivity contribution is -0.140. The molecule has 1 amide bonds. The first-order valence-corrected chi connectivity index (χ1v) is 10.3. The first-order chi connectivity index (χ1) is 15.8. The first kappa shape index (κ1) is 22.4. The number of ketones is 1. The number of carbonyl (C=O) groups excluding carboxylic acids is 2. The standard InChI is InChI=1S/C25H19ClFNO5/c1-33-20-11-6-16(26)12-19(20)23(30)21-22(15-4-9-18(29)10-5-15)28(25(32)24(21)31)13-14-2-7-17(27)8-3-14/h2-12,22,29-30H,13H2,1H3/b23-21+. The van der Waals surface area contributed by atoms with Crippen LogP contribution in [0.5, 0.6) is 11.5 Å². The Kier molecular flexibility index (Phi) is 6.07. The van der Waals surface area contributed by atoms with Crippen LogP contribution in [0.2, 0.25) is 5.02 Å². The number of rotatable bonds is 5. The second kappa shape index (κ2) is 8.96. The van der Waals surface area contributed by atoms with E-state index in [1.54, 1.807) is 24.3 Å². The summed E-state index contributed by atoms with van der Waals surface area (Å²) in [5.41, 5.74) is 1.11. The molecule has 0 aliphatic carbocycles. The van der Waals surface area contributed by atoms with Gasteiger partial charge in [-0.2, -0.15) is 0 Å². The Balaban J connectivity index is 1.89. The van der Waals surface area contributed by atoms with Crippen LogP contribution in [0, 0.1) is 5.82 Å². The van der Waals surface area contributed by atoms with Crippen LogP contribution < -0.4 is 4.74 Å². The molecule has 0 spiro atoms. The summed E-state index contributed by atoms with van der Waals surface area (Å²) in [5, 5.41) is 21.2. The highest BCUT2D eigenvalue weighted by Gasteiger charge is 2.46. The highest BCUT2D eigenvalue weighted by Crippen LogP contribution is 2.42. The highest BCUT2D eigenvalue weighted by atomic mass is 35.5. The summed E-state index contributed by atoms with van der Waals surface area (Å²) in [6.07, 6.45) is 0. The first-order valence-electron chi connectivity index (χ1n) is 9.96. The number of phenolic OH excluding ortho intramolecular Hbond substituents is 1. The summed E-state index contributed by atoms with van der Waals surface area (Å²) in [4.78, 5) is 27.5. The Morgan fingerprint density at radius 1 is 1.06 bits per heavy atom. The number of methoxy groups -OCH3 is 1. The molecule has 4 rings (SSSR count). The van der Waals surface area contributed by atoms with Gasteiger partial charge in [0.1, 0.15) is 23.1 Å². The van der Waals surface area contributed by atoms with Crippen LogP contribution in [-0.4, -0.2) is 33.9 Å². The van der Waals surface area contributed by atoms with E-state index in [4.69, 9.17) is 16.3 Å². The molecule has 0 aromatic heterocycles. The summed E-state index contributed by atoms with van der Waals surface area (Å²) < 4.78 is 18.7. The maximum Gasteiger partial charge on any atom is 0.295 e. The van der Waals surface area contributed by atoms with Gasteiger partial charge in [0, 0.05) is 11.6 Å². The van der Waals surface area contributed by atoms with Crippen molar-refractivity contribution in [2.45, 2.75) is 12.6 Å². The van der Waals surface area contributed by atoms with Gasteiger partial charge in [-0.3, -0.25) is 9.59 Å². The van der Waals surface area contributed by atoms with Crippen LogP contribution in [0.25, 0.3) is 5.76 Å². The lowest BCUT2D eigenvalue weighted by Gasteiger charge is -2.25. The zero-order valence-corrected chi connectivity index (χ0v) is 18.2. The molecule has 1 aliphatic heterocycles. The van der Waals surface area contributed by atoms with Crippen molar-refractivity contribution < 1.29 is 28.9 Å². The fraction of sp³-hybridized carbons (Fsp3) is 0.120. The molecule has 6 nitrogen and oxygen atoms in total. The van der Waals surface area contributed by atoms with Crippen LogP contribution >= 0.6 is 11.6 Å². The minimum absolute atomic E-state index is 0.000142. The van der Waals surface area contributed by atoms with Gasteiger partial charge in [0.2, 0.25) is 0 Å². The molecule has 0 radical (unpaired) electrons. The van der Waals surface area contributed by atoms with Crippen molar-refractivity contribution >= 4 is 29.1 Å². The number of phenols is 1. The molecule has 8 heteroatoms. The molecule has 1 fully saturated rings. The zero-order chi connectivity index (χ0) is 23.7.